The summed E-state index contributed by atoms with van der Waals surface area (Å²) in [4.78, 5) is 0. The summed E-state index contributed by atoms with van der Waals surface area (Å²) in [5.74, 6) is 3.83. The smallest absolute Gasteiger partial charge is 0.0698 e. The predicted octanol–water partition coefficient (Wildman–Crippen LogP) is 2.57. The molecule has 4 saturated carbocycles. The Bertz CT molecular complexity index is 221. The van der Waals surface area contributed by atoms with Gasteiger partial charge in [0.2, 0.25) is 0 Å². The predicted molar refractivity (Wildman–Crippen MR) is 65.1 cm³/mol. The first-order chi connectivity index (χ1) is 7.80. The summed E-state index contributed by atoms with van der Waals surface area (Å²) in [6.07, 6.45) is 9.23. The van der Waals surface area contributed by atoms with Gasteiger partial charge in [-0.2, -0.15) is 0 Å². The maximum atomic E-state index is 6.30. The van der Waals surface area contributed by atoms with Crippen LogP contribution in [0.3, 0.4) is 0 Å². The van der Waals surface area contributed by atoms with Crippen LogP contribution in [-0.4, -0.2) is 18.8 Å². The Kier molecular flexibility index (Phi) is 2.97. The maximum absolute atomic E-state index is 6.30. The van der Waals surface area contributed by atoms with Gasteiger partial charge in [0.25, 0.3) is 0 Å². The summed E-state index contributed by atoms with van der Waals surface area (Å²) >= 11 is 0. The van der Waals surface area contributed by atoms with Crippen LogP contribution in [0.5, 0.6) is 0 Å². The Morgan fingerprint density at radius 3 is 2.06 bits per heavy atom. The Morgan fingerprint density at radius 2 is 1.62 bits per heavy atom. The molecule has 1 atom stereocenters. The monoisotopic (exact) mass is 223 g/mol. The highest BCUT2D eigenvalue weighted by Gasteiger charge is 2.49. The van der Waals surface area contributed by atoms with Crippen LogP contribution in [0.2, 0.25) is 0 Å². The van der Waals surface area contributed by atoms with Gasteiger partial charge in [0.1, 0.15) is 0 Å². The zero-order chi connectivity index (χ0) is 11.1. The molecule has 4 rings (SSSR count). The van der Waals surface area contributed by atoms with E-state index >= 15 is 0 Å². The van der Waals surface area contributed by atoms with Crippen LogP contribution in [0.1, 0.15) is 45.4 Å². The van der Waals surface area contributed by atoms with Crippen molar-refractivity contribution >= 4 is 0 Å². The summed E-state index contributed by atoms with van der Waals surface area (Å²) in [5, 5.41) is 0. The summed E-state index contributed by atoms with van der Waals surface area (Å²) in [5.41, 5.74) is 5.76. The van der Waals surface area contributed by atoms with Crippen molar-refractivity contribution in [3.63, 3.8) is 0 Å². The fraction of sp³-hybridized carbons (Fsp3) is 1.00. The molecule has 16 heavy (non-hydrogen) atoms. The molecule has 0 radical (unpaired) electrons. The molecule has 2 nitrogen and oxygen atoms in total. The van der Waals surface area contributed by atoms with Crippen molar-refractivity contribution in [1.82, 2.24) is 0 Å². The lowest BCUT2D eigenvalue weighted by Gasteiger charge is -2.54. The molecule has 4 aliphatic rings. The molecule has 0 amide bonds. The largest absolute Gasteiger partial charge is 0.373 e. The second kappa shape index (κ2) is 4.30. The molecule has 0 spiro atoms. The molecular formula is C14H25NO. The van der Waals surface area contributed by atoms with Crippen LogP contribution in [0.4, 0.5) is 0 Å². The third-order valence-corrected chi connectivity index (χ3v) is 5.21. The number of ether oxygens (including phenoxy) is 1. The average molecular weight is 223 g/mol. The molecule has 2 heteroatoms. The van der Waals surface area contributed by atoms with Crippen LogP contribution >= 0.6 is 0 Å². The van der Waals surface area contributed by atoms with Crippen LogP contribution in [0.15, 0.2) is 0 Å². The van der Waals surface area contributed by atoms with Gasteiger partial charge in [0.05, 0.1) is 12.2 Å². The molecule has 0 saturated heterocycles. The van der Waals surface area contributed by atoms with Crippen molar-refractivity contribution in [3.8, 4) is 0 Å². The minimum absolute atomic E-state index is 0.308. The van der Waals surface area contributed by atoms with Gasteiger partial charge in [-0.05, 0) is 62.2 Å². The molecule has 92 valence electrons. The van der Waals surface area contributed by atoms with Gasteiger partial charge in [0.15, 0.2) is 0 Å². The highest BCUT2D eigenvalue weighted by atomic mass is 16.5. The van der Waals surface area contributed by atoms with Crippen molar-refractivity contribution in [2.24, 2.45) is 29.4 Å². The molecule has 0 aliphatic heterocycles. The molecule has 4 aliphatic carbocycles. The molecule has 4 bridgehead atoms. The van der Waals surface area contributed by atoms with E-state index in [1.54, 1.807) is 0 Å². The van der Waals surface area contributed by atoms with Crippen LogP contribution in [0.25, 0.3) is 0 Å². The standard InChI is InChI=1S/C14H25NO/c1-2-13(8-15)16-14-11-4-9-3-10(6-11)7-12(14)5-9/h9-14H,2-8,15H2,1H3. The summed E-state index contributed by atoms with van der Waals surface area (Å²) in [6, 6.07) is 0. The molecule has 0 aromatic rings. The third-order valence-electron chi connectivity index (χ3n) is 5.21. The number of hydrogen-bond acceptors (Lipinski definition) is 2. The first-order valence-corrected chi connectivity index (χ1v) is 7.15. The van der Waals surface area contributed by atoms with Gasteiger partial charge in [-0.1, -0.05) is 6.92 Å². The highest BCUT2D eigenvalue weighted by molar-refractivity contribution is 4.99. The minimum atomic E-state index is 0.308. The van der Waals surface area contributed by atoms with E-state index in [1.807, 2.05) is 0 Å². The zero-order valence-electron chi connectivity index (χ0n) is 10.4. The molecule has 2 N–H and O–H groups in total. The Balaban J connectivity index is 1.67. The highest BCUT2D eigenvalue weighted by Crippen LogP contribution is 2.54. The van der Waals surface area contributed by atoms with E-state index < -0.39 is 0 Å². The summed E-state index contributed by atoms with van der Waals surface area (Å²) in [6.45, 7) is 2.88. The topological polar surface area (TPSA) is 35.2 Å². The fourth-order valence-electron chi connectivity index (χ4n) is 4.64. The lowest BCUT2D eigenvalue weighted by atomic mass is 9.55. The van der Waals surface area contributed by atoms with E-state index in [0.29, 0.717) is 18.8 Å². The summed E-state index contributed by atoms with van der Waals surface area (Å²) < 4.78 is 6.30. The van der Waals surface area contributed by atoms with E-state index in [-0.39, 0.29) is 0 Å². The Labute approximate surface area is 98.9 Å². The SMILES string of the molecule is CCC(CN)OC1C2CC3CC(C2)CC1C3. The van der Waals surface area contributed by atoms with Crippen molar-refractivity contribution < 1.29 is 4.74 Å². The third kappa shape index (κ3) is 1.80. The van der Waals surface area contributed by atoms with Crippen molar-refractivity contribution in [2.45, 2.75) is 57.7 Å². The molecule has 4 fully saturated rings. The van der Waals surface area contributed by atoms with Crippen molar-refractivity contribution in [2.75, 3.05) is 6.54 Å². The number of rotatable bonds is 4. The summed E-state index contributed by atoms with van der Waals surface area (Å²) in [7, 11) is 0. The first-order valence-electron chi connectivity index (χ1n) is 7.15. The van der Waals surface area contributed by atoms with Gasteiger partial charge in [-0.3, -0.25) is 0 Å². The van der Waals surface area contributed by atoms with Gasteiger partial charge >= 0.3 is 0 Å². The van der Waals surface area contributed by atoms with E-state index in [4.69, 9.17) is 10.5 Å². The first kappa shape index (κ1) is 11.0. The normalized spacial score (nSPS) is 47.2. The van der Waals surface area contributed by atoms with E-state index in [2.05, 4.69) is 6.92 Å². The van der Waals surface area contributed by atoms with Gasteiger partial charge in [-0.15, -0.1) is 0 Å². The minimum Gasteiger partial charge on any atom is -0.373 e. The lowest BCUT2D eigenvalue weighted by molar-refractivity contribution is -0.149. The Morgan fingerprint density at radius 1 is 1.06 bits per heavy atom. The number of nitrogens with two attached hydrogens (primary N) is 1. The molecule has 0 aromatic heterocycles. The maximum Gasteiger partial charge on any atom is 0.0698 e. The molecule has 1 unspecified atom stereocenters. The van der Waals surface area contributed by atoms with Crippen molar-refractivity contribution in [1.29, 1.82) is 0 Å². The van der Waals surface area contributed by atoms with Gasteiger partial charge < -0.3 is 10.5 Å². The van der Waals surface area contributed by atoms with Crippen molar-refractivity contribution in [3.05, 3.63) is 0 Å². The fourth-order valence-corrected chi connectivity index (χ4v) is 4.64. The quantitative estimate of drug-likeness (QED) is 0.795. The average Bonchev–Trinajstić information content (AvgIpc) is 2.28. The number of hydrogen-bond donors (Lipinski definition) is 1. The van der Waals surface area contributed by atoms with E-state index in [0.717, 1.165) is 30.1 Å². The van der Waals surface area contributed by atoms with Crippen LogP contribution < -0.4 is 5.73 Å². The zero-order valence-corrected chi connectivity index (χ0v) is 10.4. The Hall–Kier alpha value is -0.0800. The lowest BCUT2D eigenvalue weighted by Crippen LogP contribution is -2.51. The van der Waals surface area contributed by atoms with E-state index in [9.17, 15) is 0 Å². The second-order valence-corrected chi connectivity index (χ2v) is 6.30. The van der Waals surface area contributed by atoms with Crippen LogP contribution in [0, 0.1) is 23.7 Å². The van der Waals surface area contributed by atoms with Gasteiger partial charge in [-0.25, -0.2) is 0 Å². The molecule has 0 heterocycles. The van der Waals surface area contributed by atoms with Gasteiger partial charge in [0, 0.05) is 6.54 Å². The molecular weight excluding hydrogens is 198 g/mol. The van der Waals surface area contributed by atoms with Crippen LogP contribution in [-0.2, 0) is 4.74 Å². The van der Waals surface area contributed by atoms with E-state index in [1.165, 1.54) is 32.1 Å². The second-order valence-electron chi connectivity index (χ2n) is 6.30. The molecule has 0 aromatic carbocycles.